The van der Waals surface area contributed by atoms with Crippen LogP contribution in [0.3, 0.4) is 0 Å². The average molecular weight is 338 g/mol. The molecule has 3 rings (SSSR count). The van der Waals surface area contributed by atoms with Crippen molar-refractivity contribution in [2.45, 2.75) is 13.0 Å². The Morgan fingerprint density at radius 3 is 2.48 bits per heavy atom. The van der Waals surface area contributed by atoms with Crippen molar-refractivity contribution in [1.29, 1.82) is 0 Å². The molecule has 0 spiro atoms. The van der Waals surface area contributed by atoms with Crippen LogP contribution in [-0.2, 0) is 10.0 Å². The SMILES string of the molecule is CCS(=O)(=O)N1CCN(CC2CNNC2c2ccccc2)CC1. The van der Waals surface area contributed by atoms with Gasteiger partial charge in [-0.3, -0.25) is 5.43 Å². The van der Waals surface area contributed by atoms with Crippen LogP contribution < -0.4 is 10.9 Å². The highest BCUT2D eigenvalue weighted by Crippen LogP contribution is 2.25. The van der Waals surface area contributed by atoms with E-state index in [9.17, 15) is 8.42 Å². The van der Waals surface area contributed by atoms with Crippen molar-refractivity contribution in [3.05, 3.63) is 35.9 Å². The third-order valence-electron chi connectivity index (χ3n) is 4.83. The first-order chi connectivity index (χ1) is 11.1. The number of sulfonamides is 1. The molecule has 2 aliphatic rings. The lowest BCUT2D eigenvalue weighted by molar-refractivity contribution is 0.162. The van der Waals surface area contributed by atoms with Crippen LogP contribution in [0.15, 0.2) is 30.3 Å². The molecule has 6 nitrogen and oxygen atoms in total. The van der Waals surface area contributed by atoms with Gasteiger partial charge in [0.05, 0.1) is 11.8 Å². The van der Waals surface area contributed by atoms with Crippen LogP contribution in [0.4, 0.5) is 0 Å². The van der Waals surface area contributed by atoms with E-state index in [1.54, 1.807) is 11.2 Å². The first-order valence-corrected chi connectivity index (χ1v) is 9.94. The molecule has 0 bridgehead atoms. The van der Waals surface area contributed by atoms with E-state index in [0.29, 0.717) is 25.0 Å². The van der Waals surface area contributed by atoms with Crippen LogP contribution >= 0.6 is 0 Å². The van der Waals surface area contributed by atoms with Gasteiger partial charge in [0.15, 0.2) is 0 Å². The van der Waals surface area contributed by atoms with Gasteiger partial charge in [-0.15, -0.1) is 0 Å². The summed E-state index contributed by atoms with van der Waals surface area (Å²) in [5.41, 5.74) is 7.94. The summed E-state index contributed by atoms with van der Waals surface area (Å²) < 4.78 is 25.5. The molecule has 0 aromatic heterocycles. The Kier molecular flexibility index (Phi) is 5.33. The zero-order valence-electron chi connectivity index (χ0n) is 13.6. The molecule has 2 saturated heterocycles. The van der Waals surface area contributed by atoms with Crippen LogP contribution in [-0.4, -0.2) is 62.6 Å². The number of hydrogen-bond donors (Lipinski definition) is 2. The predicted octanol–water partition coefficient (Wildman–Crippen LogP) is 0.419. The van der Waals surface area contributed by atoms with E-state index < -0.39 is 10.0 Å². The van der Waals surface area contributed by atoms with E-state index in [0.717, 1.165) is 26.2 Å². The second kappa shape index (κ2) is 7.27. The minimum Gasteiger partial charge on any atom is -0.300 e. The van der Waals surface area contributed by atoms with E-state index in [4.69, 9.17) is 0 Å². The lowest BCUT2D eigenvalue weighted by Crippen LogP contribution is -2.50. The number of piperazine rings is 1. The van der Waals surface area contributed by atoms with Gasteiger partial charge < -0.3 is 4.90 Å². The molecule has 0 aliphatic carbocycles. The van der Waals surface area contributed by atoms with Gasteiger partial charge in [-0.1, -0.05) is 30.3 Å². The predicted molar refractivity (Wildman–Crippen MR) is 91.3 cm³/mol. The second-order valence-corrected chi connectivity index (χ2v) is 8.53. The van der Waals surface area contributed by atoms with Gasteiger partial charge in [0.25, 0.3) is 0 Å². The Labute approximate surface area is 138 Å². The molecule has 2 unspecified atom stereocenters. The van der Waals surface area contributed by atoms with E-state index >= 15 is 0 Å². The summed E-state index contributed by atoms with van der Waals surface area (Å²) in [6.45, 7) is 6.49. The summed E-state index contributed by atoms with van der Waals surface area (Å²) in [4.78, 5) is 2.39. The summed E-state index contributed by atoms with van der Waals surface area (Å²) >= 11 is 0. The number of nitrogens with zero attached hydrogens (tertiary/aromatic N) is 2. The number of hydrazine groups is 1. The highest BCUT2D eigenvalue weighted by Gasteiger charge is 2.32. The van der Waals surface area contributed by atoms with Gasteiger partial charge in [-0.05, 0) is 12.5 Å². The van der Waals surface area contributed by atoms with E-state index in [-0.39, 0.29) is 5.75 Å². The van der Waals surface area contributed by atoms with Gasteiger partial charge in [0.1, 0.15) is 0 Å². The number of benzene rings is 1. The fourth-order valence-corrected chi connectivity index (χ4v) is 4.51. The minimum absolute atomic E-state index is 0.194. The zero-order chi connectivity index (χ0) is 16.3. The van der Waals surface area contributed by atoms with Crippen molar-refractivity contribution in [3.8, 4) is 0 Å². The zero-order valence-corrected chi connectivity index (χ0v) is 14.4. The molecule has 0 saturated carbocycles. The summed E-state index contributed by atoms with van der Waals surface area (Å²) in [6, 6.07) is 10.8. The Bertz CT molecular complexity index is 600. The molecular weight excluding hydrogens is 312 g/mol. The van der Waals surface area contributed by atoms with Crippen LogP contribution in [0.2, 0.25) is 0 Å². The van der Waals surface area contributed by atoms with Gasteiger partial charge in [0.2, 0.25) is 10.0 Å². The standard InChI is InChI=1S/C16H26N4O2S/c1-2-23(21,22)20-10-8-19(9-11-20)13-15-12-17-18-16(15)14-6-4-3-5-7-14/h3-7,15-18H,2,8-13H2,1H3. The van der Waals surface area contributed by atoms with Crippen LogP contribution in [0.25, 0.3) is 0 Å². The number of nitrogens with one attached hydrogen (secondary N) is 2. The Morgan fingerprint density at radius 1 is 1.13 bits per heavy atom. The molecule has 7 heteroatoms. The van der Waals surface area contributed by atoms with Crippen molar-refractivity contribution >= 4 is 10.0 Å². The van der Waals surface area contributed by atoms with Gasteiger partial charge >= 0.3 is 0 Å². The molecule has 1 aromatic carbocycles. The molecule has 1 aromatic rings. The summed E-state index contributed by atoms with van der Waals surface area (Å²) in [7, 11) is -3.04. The molecule has 128 valence electrons. The Hall–Kier alpha value is -0.990. The highest BCUT2D eigenvalue weighted by atomic mass is 32.2. The molecule has 2 aliphatic heterocycles. The first kappa shape index (κ1) is 16.9. The maximum Gasteiger partial charge on any atom is 0.213 e. The Balaban J connectivity index is 1.56. The van der Waals surface area contributed by atoms with Gasteiger partial charge in [0, 0.05) is 45.2 Å². The fraction of sp³-hybridized carbons (Fsp3) is 0.625. The highest BCUT2D eigenvalue weighted by molar-refractivity contribution is 7.89. The first-order valence-electron chi connectivity index (χ1n) is 8.33. The van der Waals surface area contributed by atoms with E-state index in [1.807, 2.05) is 6.07 Å². The van der Waals surface area contributed by atoms with Crippen molar-refractivity contribution in [3.63, 3.8) is 0 Å². The maximum absolute atomic E-state index is 11.9. The normalized spacial score (nSPS) is 27.3. The second-order valence-electron chi connectivity index (χ2n) is 6.27. The molecule has 0 amide bonds. The average Bonchev–Trinajstić information content (AvgIpc) is 3.04. The van der Waals surface area contributed by atoms with E-state index in [1.165, 1.54) is 5.56 Å². The van der Waals surface area contributed by atoms with Crippen LogP contribution in [0.1, 0.15) is 18.5 Å². The smallest absolute Gasteiger partial charge is 0.213 e. The molecular formula is C16H26N4O2S. The van der Waals surface area contributed by atoms with E-state index in [2.05, 4.69) is 40.0 Å². The van der Waals surface area contributed by atoms with Crippen molar-refractivity contribution in [2.24, 2.45) is 5.92 Å². The topological polar surface area (TPSA) is 64.7 Å². The molecule has 2 N–H and O–H groups in total. The lowest BCUT2D eigenvalue weighted by atomic mass is 9.94. The summed E-state index contributed by atoms with van der Waals surface area (Å²) in [6.07, 6.45) is 0. The Morgan fingerprint density at radius 2 is 1.83 bits per heavy atom. The van der Waals surface area contributed by atoms with Gasteiger partial charge in [-0.2, -0.15) is 4.31 Å². The summed E-state index contributed by atoms with van der Waals surface area (Å²) in [5, 5.41) is 0. The molecule has 2 atom stereocenters. The quantitative estimate of drug-likeness (QED) is 0.815. The van der Waals surface area contributed by atoms with Crippen molar-refractivity contribution < 1.29 is 8.42 Å². The molecule has 2 fully saturated rings. The lowest BCUT2D eigenvalue weighted by Gasteiger charge is -2.35. The van der Waals surface area contributed by atoms with Gasteiger partial charge in [-0.25, -0.2) is 13.8 Å². The molecule has 23 heavy (non-hydrogen) atoms. The third-order valence-corrected chi connectivity index (χ3v) is 6.72. The van der Waals surface area contributed by atoms with Crippen molar-refractivity contribution in [2.75, 3.05) is 45.0 Å². The largest absolute Gasteiger partial charge is 0.300 e. The maximum atomic E-state index is 11.9. The van der Waals surface area contributed by atoms with Crippen LogP contribution in [0, 0.1) is 5.92 Å². The van der Waals surface area contributed by atoms with Crippen molar-refractivity contribution in [1.82, 2.24) is 20.1 Å². The summed E-state index contributed by atoms with van der Waals surface area (Å²) in [5.74, 6) is 0.686. The molecule has 2 heterocycles. The monoisotopic (exact) mass is 338 g/mol. The van der Waals surface area contributed by atoms with Crippen LogP contribution in [0.5, 0.6) is 0 Å². The third kappa shape index (κ3) is 3.92. The number of rotatable bonds is 5. The minimum atomic E-state index is -3.04. The molecule has 0 radical (unpaired) electrons. The fourth-order valence-electron chi connectivity index (χ4n) is 3.43. The number of hydrogen-bond acceptors (Lipinski definition) is 5.